The number of nitrogens with zero attached hydrogens (tertiary/aromatic N) is 2. The Morgan fingerprint density at radius 2 is 1.83 bits per heavy atom. The average molecular weight is 279 g/mol. The molecule has 1 aromatic carbocycles. The number of hydrogen-bond donors (Lipinski definition) is 0. The Labute approximate surface area is 116 Å². The molecule has 3 rings (SSSR count). The van der Waals surface area contributed by atoms with Gasteiger partial charge in [0.15, 0.2) is 0 Å². The van der Waals surface area contributed by atoms with Crippen LogP contribution in [0.3, 0.4) is 0 Å². The van der Waals surface area contributed by atoms with Crippen molar-refractivity contribution in [3.05, 3.63) is 45.8 Å². The van der Waals surface area contributed by atoms with Gasteiger partial charge in [-0.15, -0.1) is 0 Å². The lowest BCUT2D eigenvalue weighted by atomic mass is 9.72. The van der Waals surface area contributed by atoms with Gasteiger partial charge in [-0.25, -0.2) is 9.97 Å². The predicted octanol–water partition coefficient (Wildman–Crippen LogP) is 4.28. The molecule has 0 N–H and O–H groups in total. The fraction of sp³-hybridized carbons (Fsp3) is 0.286. The highest BCUT2D eigenvalue weighted by atomic mass is 35.5. The van der Waals surface area contributed by atoms with Crippen LogP contribution in [-0.4, -0.2) is 9.97 Å². The molecule has 0 fully saturated rings. The highest BCUT2D eigenvalue weighted by Gasteiger charge is 2.33. The van der Waals surface area contributed by atoms with Gasteiger partial charge < -0.3 is 0 Å². The molecule has 2 nitrogen and oxygen atoms in total. The Bertz CT molecular complexity index is 636. The lowest BCUT2D eigenvalue weighted by molar-refractivity contribution is 0.514. The van der Waals surface area contributed by atoms with Gasteiger partial charge in [0, 0.05) is 11.1 Å². The van der Waals surface area contributed by atoms with E-state index in [0.717, 1.165) is 23.2 Å². The standard InChI is InChI=1S/C14H12Cl2N2/c1-14(2)7-9-11(17-13(16)18-12(9)15)8-5-3-4-6-10(8)14/h3-6H,7H2,1-2H3. The van der Waals surface area contributed by atoms with Crippen LogP contribution < -0.4 is 0 Å². The summed E-state index contributed by atoms with van der Waals surface area (Å²) < 4.78 is 0. The molecule has 1 aliphatic rings. The van der Waals surface area contributed by atoms with Gasteiger partial charge in [0.25, 0.3) is 0 Å². The molecule has 4 heteroatoms. The largest absolute Gasteiger partial charge is 0.224 e. The van der Waals surface area contributed by atoms with Gasteiger partial charge in [0.1, 0.15) is 5.15 Å². The number of halogens is 2. The Morgan fingerprint density at radius 3 is 2.61 bits per heavy atom. The molecular weight excluding hydrogens is 267 g/mol. The zero-order valence-electron chi connectivity index (χ0n) is 10.2. The van der Waals surface area contributed by atoms with E-state index in [1.807, 2.05) is 6.07 Å². The summed E-state index contributed by atoms with van der Waals surface area (Å²) in [4.78, 5) is 8.40. The fourth-order valence-corrected chi connectivity index (χ4v) is 3.08. The lowest BCUT2D eigenvalue weighted by Crippen LogP contribution is -2.26. The highest BCUT2D eigenvalue weighted by Crippen LogP contribution is 2.43. The number of benzene rings is 1. The van der Waals surface area contributed by atoms with E-state index in [4.69, 9.17) is 23.2 Å². The van der Waals surface area contributed by atoms with E-state index < -0.39 is 0 Å². The summed E-state index contributed by atoms with van der Waals surface area (Å²) in [5.41, 5.74) is 4.28. The van der Waals surface area contributed by atoms with E-state index in [1.54, 1.807) is 0 Å². The fourth-order valence-electron chi connectivity index (χ4n) is 2.63. The molecule has 1 heterocycles. The Kier molecular flexibility index (Phi) is 2.61. The van der Waals surface area contributed by atoms with Crippen LogP contribution in [-0.2, 0) is 11.8 Å². The Morgan fingerprint density at radius 1 is 1.11 bits per heavy atom. The van der Waals surface area contributed by atoms with Crippen LogP contribution >= 0.6 is 23.2 Å². The third kappa shape index (κ3) is 1.72. The number of hydrogen-bond acceptors (Lipinski definition) is 2. The van der Waals surface area contributed by atoms with Crippen LogP contribution in [0.1, 0.15) is 25.0 Å². The first-order valence-electron chi connectivity index (χ1n) is 5.81. The van der Waals surface area contributed by atoms with Gasteiger partial charge in [-0.2, -0.15) is 0 Å². The van der Waals surface area contributed by atoms with Crippen LogP contribution in [0.5, 0.6) is 0 Å². The zero-order valence-corrected chi connectivity index (χ0v) is 11.7. The molecular formula is C14H12Cl2N2. The first-order chi connectivity index (χ1) is 8.49. The minimum Gasteiger partial charge on any atom is -0.217 e. The Hall–Kier alpha value is -1.12. The van der Waals surface area contributed by atoms with Crippen molar-refractivity contribution in [2.24, 2.45) is 0 Å². The SMILES string of the molecule is CC1(C)Cc2c(Cl)nc(Cl)nc2-c2ccccc21. The quantitative estimate of drug-likeness (QED) is 0.531. The van der Waals surface area contributed by atoms with E-state index >= 15 is 0 Å². The van der Waals surface area contributed by atoms with Crippen molar-refractivity contribution in [1.82, 2.24) is 9.97 Å². The van der Waals surface area contributed by atoms with E-state index in [1.165, 1.54) is 5.56 Å². The number of fused-ring (bicyclic) bond motifs is 3. The summed E-state index contributed by atoms with van der Waals surface area (Å²) >= 11 is 12.1. The topological polar surface area (TPSA) is 25.8 Å². The van der Waals surface area contributed by atoms with E-state index in [9.17, 15) is 0 Å². The van der Waals surface area contributed by atoms with Crippen LogP contribution in [0.15, 0.2) is 24.3 Å². The van der Waals surface area contributed by atoms with Crippen LogP contribution in [0.25, 0.3) is 11.3 Å². The second kappa shape index (κ2) is 3.94. The molecule has 2 aromatic rings. The molecule has 0 radical (unpaired) electrons. The molecule has 0 atom stereocenters. The third-order valence-corrected chi connectivity index (χ3v) is 3.94. The predicted molar refractivity (Wildman–Crippen MR) is 74.2 cm³/mol. The molecule has 92 valence electrons. The third-order valence-electron chi connectivity index (χ3n) is 3.46. The second-order valence-electron chi connectivity index (χ2n) is 5.22. The molecule has 0 amide bonds. The van der Waals surface area contributed by atoms with E-state index in [2.05, 4.69) is 42.0 Å². The van der Waals surface area contributed by atoms with Crippen molar-refractivity contribution in [3.63, 3.8) is 0 Å². The van der Waals surface area contributed by atoms with Crippen molar-refractivity contribution < 1.29 is 0 Å². The van der Waals surface area contributed by atoms with E-state index in [-0.39, 0.29) is 10.7 Å². The summed E-state index contributed by atoms with van der Waals surface area (Å²) in [6.07, 6.45) is 0.829. The molecule has 0 saturated carbocycles. The summed E-state index contributed by atoms with van der Waals surface area (Å²) in [5, 5.41) is 0.667. The van der Waals surface area contributed by atoms with Gasteiger partial charge >= 0.3 is 0 Å². The minimum atomic E-state index is 0.0322. The first-order valence-corrected chi connectivity index (χ1v) is 6.56. The van der Waals surface area contributed by atoms with Crippen molar-refractivity contribution in [3.8, 4) is 11.3 Å². The monoisotopic (exact) mass is 278 g/mol. The first kappa shape index (κ1) is 11.9. The summed E-state index contributed by atoms with van der Waals surface area (Å²) in [5.74, 6) is 0. The van der Waals surface area contributed by atoms with Gasteiger partial charge in [-0.3, -0.25) is 0 Å². The van der Waals surface area contributed by atoms with Crippen molar-refractivity contribution in [2.45, 2.75) is 25.7 Å². The second-order valence-corrected chi connectivity index (χ2v) is 5.91. The zero-order chi connectivity index (χ0) is 12.9. The van der Waals surface area contributed by atoms with Gasteiger partial charge in [-0.1, -0.05) is 49.7 Å². The Balaban J connectivity index is 2.37. The van der Waals surface area contributed by atoms with Crippen molar-refractivity contribution in [1.29, 1.82) is 0 Å². The summed E-state index contributed by atoms with van der Waals surface area (Å²) in [7, 11) is 0. The van der Waals surface area contributed by atoms with Crippen molar-refractivity contribution in [2.75, 3.05) is 0 Å². The van der Waals surface area contributed by atoms with Crippen molar-refractivity contribution >= 4 is 23.2 Å². The molecule has 18 heavy (non-hydrogen) atoms. The number of rotatable bonds is 0. The molecule has 0 spiro atoms. The molecule has 0 unspecified atom stereocenters. The maximum atomic E-state index is 6.21. The van der Waals surface area contributed by atoms with Gasteiger partial charge in [-0.05, 0) is 29.0 Å². The minimum absolute atomic E-state index is 0.0322. The van der Waals surface area contributed by atoms with Crippen LogP contribution in [0, 0.1) is 0 Å². The normalized spacial score (nSPS) is 16.0. The molecule has 0 saturated heterocycles. The molecule has 1 aromatic heterocycles. The molecule has 0 aliphatic heterocycles. The van der Waals surface area contributed by atoms with Crippen LogP contribution in [0.2, 0.25) is 10.4 Å². The number of aromatic nitrogens is 2. The lowest BCUT2D eigenvalue weighted by Gasteiger charge is -2.33. The molecule has 1 aliphatic carbocycles. The maximum Gasteiger partial charge on any atom is 0.224 e. The summed E-state index contributed by atoms with van der Waals surface area (Å²) in [6, 6.07) is 8.26. The van der Waals surface area contributed by atoms with E-state index in [0.29, 0.717) is 5.15 Å². The average Bonchev–Trinajstić information content (AvgIpc) is 2.31. The molecule has 0 bridgehead atoms. The summed E-state index contributed by atoms with van der Waals surface area (Å²) in [6.45, 7) is 4.42. The van der Waals surface area contributed by atoms with Gasteiger partial charge in [0.2, 0.25) is 5.28 Å². The maximum absolute atomic E-state index is 6.21. The van der Waals surface area contributed by atoms with Crippen LogP contribution in [0.4, 0.5) is 0 Å². The van der Waals surface area contributed by atoms with Gasteiger partial charge in [0.05, 0.1) is 5.69 Å². The smallest absolute Gasteiger partial charge is 0.217 e. The highest BCUT2D eigenvalue weighted by molar-refractivity contribution is 6.32.